The van der Waals surface area contributed by atoms with Crippen LogP contribution in [0.4, 0.5) is 10.5 Å². The second-order valence-corrected chi connectivity index (χ2v) is 9.97. The standard InChI is InChI=1S/C27H25ClIN3O5/c1-36-13-14-37-20-10-7-18(8-11-20)24-26(34)32(27(35)31-24)23(15-17-5-3-2-4-6-17)25(33)30-22-12-9-19(29)16-21(22)28/h2-12,16,23-24H,13-15H2,1H3,(H,30,33)(H,31,35)/t23?,24-/m1/s1. The fourth-order valence-corrected chi connectivity index (χ4v) is 4.86. The lowest BCUT2D eigenvalue weighted by atomic mass is 10.0. The molecule has 2 N–H and O–H groups in total. The number of methoxy groups -OCH3 is 1. The zero-order valence-electron chi connectivity index (χ0n) is 19.9. The Balaban J connectivity index is 1.57. The van der Waals surface area contributed by atoms with Crippen LogP contribution in [-0.2, 0) is 20.7 Å². The molecule has 0 aliphatic carbocycles. The number of hydrogen-bond donors (Lipinski definition) is 2. The van der Waals surface area contributed by atoms with Crippen molar-refractivity contribution in [1.82, 2.24) is 10.2 Å². The van der Waals surface area contributed by atoms with Gasteiger partial charge in [0.2, 0.25) is 5.91 Å². The summed E-state index contributed by atoms with van der Waals surface area (Å²) < 4.78 is 11.5. The van der Waals surface area contributed by atoms with Crippen LogP contribution in [0.2, 0.25) is 5.02 Å². The molecule has 3 aromatic rings. The molecule has 0 saturated carbocycles. The predicted molar refractivity (Wildman–Crippen MR) is 149 cm³/mol. The van der Waals surface area contributed by atoms with E-state index in [2.05, 4.69) is 33.2 Å². The monoisotopic (exact) mass is 633 g/mol. The third kappa shape index (κ3) is 6.60. The van der Waals surface area contributed by atoms with E-state index in [0.29, 0.717) is 35.2 Å². The summed E-state index contributed by atoms with van der Waals surface area (Å²) in [6.45, 7) is 0.843. The lowest BCUT2D eigenvalue weighted by Crippen LogP contribution is -2.49. The maximum atomic E-state index is 13.5. The molecule has 192 valence electrons. The first-order valence-corrected chi connectivity index (χ1v) is 13.0. The molecule has 3 aromatic carbocycles. The van der Waals surface area contributed by atoms with Gasteiger partial charge in [0, 0.05) is 17.1 Å². The topological polar surface area (TPSA) is 97.0 Å². The molecule has 37 heavy (non-hydrogen) atoms. The fourth-order valence-electron chi connectivity index (χ4n) is 3.96. The molecule has 2 atom stereocenters. The van der Waals surface area contributed by atoms with Crippen LogP contribution in [0.3, 0.4) is 0 Å². The second kappa shape index (κ2) is 12.4. The predicted octanol–water partition coefficient (Wildman–Crippen LogP) is 4.81. The van der Waals surface area contributed by atoms with E-state index in [1.54, 1.807) is 49.6 Å². The number of anilines is 1. The summed E-state index contributed by atoms with van der Waals surface area (Å²) >= 11 is 8.44. The third-order valence-corrected chi connectivity index (χ3v) is 6.80. The van der Waals surface area contributed by atoms with E-state index in [0.717, 1.165) is 14.0 Å². The Hall–Kier alpha value is -3.15. The molecular weight excluding hydrogens is 609 g/mol. The zero-order chi connectivity index (χ0) is 26.4. The lowest BCUT2D eigenvalue weighted by Gasteiger charge is -2.25. The highest BCUT2D eigenvalue weighted by Crippen LogP contribution is 2.28. The molecule has 1 unspecified atom stereocenters. The maximum absolute atomic E-state index is 13.5. The molecular formula is C27H25ClIN3O5. The van der Waals surface area contributed by atoms with Gasteiger partial charge in [0.05, 0.1) is 17.3 Å². The van der Waals surface area contributed by atoms with Crippen LogP contribution in [0.1, 0.15) is 17.2 Å². The summed E-state index contributed by atoms with van der Waals surface area (Å²) in [5, 5.41) is 5.87. The number of rotatable bonds is 10. The average Bonchev–Trinajstić information content (AvgIpc) is 3.19. The second-order valence-electron chi connectivity index (χ2n) is 8.32. The van der Waals surface area contributed by atoms with Crippen molar-refractivity contribution in [3.05, 3.63) is 92.5 Å². The summed E-state index contributed by atoms with van der Waals surface area (Å²) in [7, 11) is 1.59. The van der Waals surface area contributed by atoms with Gasteiger partial charge in [-0.15, -0.1) is 0 Å². The molecule has 1 aliphatic rings. The van der Waals surface area contributed by atoms with Gasteiger partial charge in [0.15, 0.2) is 0 Å². The molecule has 1 fully saturated rings. The Morgan fingerprint density at radius 3 is 2.49 bits per heavy atom. The molecule has 0 aromatic heterocycles. The number of amides is 4. The molecule has 1 aliphatic heterocycles. The van der Waals surface area contributed by atoms with Crippen LogP contribution >= 0.6 is 34.2 Å². The Morgan fingerprint density at radius 1 is 1.08 bits per heavy atom. The van der Waals surface area contributed by atoms with Crippen LogP contribution in [0.5, 0.6) is 5.75 Å². The number of halogens is 2. The number of urea groups is 1. The number of imide groups is 1. The van der Waals surface area contributed by atoms with Crippen LogP contribution in [0.25, 0.3) is 0 Å². The van der Waals surface area contributed by atoms with E-state index in [4.69, 9.17) is 21.1 Å². The highest BCUT2D eigenvalue weighted by molar-refractivity contribution is 14.1. The molecule has 0 bridgehead atoms. The van der Waals surface area contributed by atoms with Crippen molar-refractivity contribution in [2.45, 2.75) is 18.5 Å². The van der Waals surface area contributed by atoms with E-state index >= 15 is 0 Å². The lowest BCUT2D eigenvalue weighted by molar-refractivity contribution is -0.134. The third-order valence-electron chi connectivity index (χ3n) is 5.82. The van der Waals surface area contributed by atoms with Gasteiger partial charge in [0.25, 0.3) is 5.91 Å². The van der Waals surface area contributed by atoms with Crippen LogP contribution in [-0.4, -0.2) is 49.1 Å². The van der Waals surface area contributed by atoms with Gasteiger partial charge in [-0.05, 0) is 64.0 Å². The number of nitrogens with one attached hydrogen (secondary N) is 2. The normalized spacial score (nSPS) is 15.9. The first kappa shape index (κ1) is 26.9. The molecule has 0 spiro atoms. The fraction of sp³-hybridized carbons (Fsp3) is 0.222. The van der Waals surface area contributed by atoms with Crippen molar-refractivity contribution in [2.75, 3.05) is 25.6 Å². The van der Waals surface area contributed by atoms with Crippen molar-refractivity contribution < 1.29 is 23.9 Å². The first-order valence-electron chi connectivity index (χ1n) is 11.5. The van der Waals surface area contributed by atoms with Crippen LogP contribution < -0.4 is 15.4 Å². The Kier molecular flexibility index (Phi) is 9.01. The average molecular weight is 634 g/mol. The summed E-state index contributed by atoms with van der Waals surface area (Å²) in [5.41, 5.74) is 1.79. The van der Waals surface area contributed by atoms with Gasteiger partial charge < -0.3 is 20.1 Å². The van der Waals surface area contributed by atoms with Gasteiger partial charge in [-0.2, -0.15) is 0 Å². The van der Waals surface area contributed by atoms with Crippen molar-refractivity contribution in [1.29, 1.82) is 0 Å². The number of benzene rings is 3. The van der Waals surface area contributed by atoms with Gasteiger partial charge in [-0.25, -0.2) is 9.69 Å². The van der Waals surface area contributed by atoms with Crippen molar-refractivity contribution in [3.8, 4) is 5.75 Å². The molecule has 1 saturated heterocycles. The quantitative estimate of drug-likeness (QED) is 0.190. The molecule has 4 amide bonds. The van der Waals surface area contributed by atoms with E-state index in [-0.39, 0.29) is 6.42 Å². The van der Waals surface area contributed by atoms with E-state index in [9.17, 15) is 14.4 Å². The minimum absolute atomic E-state index is 0.146. The maximum Gasteiger partial charge on any atom is 0.325 e. The smallest absolute Gasteiger partial charge is 0.325 e. The Morgan fingerprint density at radius 2 is 1.81 bits per heavy atom. The summed E-state index contributed by atoms with van der Waals surface area (Å²) in [4.78, 5) is 41.0. The molecule has 0 radical (unpaired) electrons. The van der Waals surface area contributed by atoms with Gasteiger partial charge >= 0.3 is 6.03 Å². The number of nitrogens with zero attached hydrogens (tertiary/aromatic N) is 1. The minimum atomic E-state index is -1.09. The highest BCUT2D eigenvalue weighted by atomic mass is 127. The number of hydrogen-bond acceptors (Lipinski definition) is 5. The largest absolute Gasteiger partial charge is 0.491 e. The first-order chi connectivity index (χ1) is 17.9. The Bertz CT molecular complexity index is 1270. The van der Waals surface area contributed by atoms with Crippen molar-refractivity contribution in [2.24, 2.45) is 0 Å². The Labute approximate surface area is 233 Å². The summed E-state index contributed by atoms with van der Waals surface area (Å²) in [6, 6.07) is 18.7. The van der Waals surface area contributed by atoms with Crippen LogP contribution in [0, 0.1) is 3.57 Å². The summed E-state index contributed by atoms with van der Waals surface area (Å²) in [6.07, 6.45) is 0.146. The zero-order valence-corrected chi connectivity index (χ0v) is 22.9. The minimum Gasteiger partial charge on any atom is -0.491 e. The number of ether oxygens (including phenoxy) is 2. The van der Waals surface area contributed by atoms with E-state index in [1.807, 2.05) is 30.3 Å². The van der Waals surface area contributed by atoms with Crippen molar-refractivity contribution >= 4 is 57.7 Å². The van der Waals surface area contributed by atoms with Gasteiger partial charge in [-0.1, -0.05) is 54.1 Å². The number of carbonyl (C=O) groups is 3. The van der Waals surface area contributed by atoms with Gasteiger partial charge in [0.1, 0.15) is 24.4 Å². The molecule has 10 heteroatoms. The molecule has 4 rings (SSSR count). The summed E-state index contributed by atoms with van der Waals surface area (Å²) in [5.74, 6) is -0.411. The number of carbonyl (C=O) groups excluding carboxylic acids is 3. The highest BCUT2D eigenvalue weighted by Gasteiger charge is 2.45. The van der Waals surface area contributed by atoms with Gasteiger partial charge in [-0.3, -0.25) is 9.59 Å². The van der Waals surface area contributed by atoms with Crippen molar-refractivity contribution in [3.63, 3.8) is 0 Å². The van der Waals surface area contributed by atoms with E-state index < -0.39 is 29.9 Å². The SMILES string of the molecule is COCCOc1ccc([C@H]2NC(=O)N(C(Cc3ccccc3)C(=O)Nc3ccc(I)cc3Cl)C2=O)cc1. The molecule has 1 heterocycles. The molecule has 8 nitrogen and oxygen atoms in total. The van der Waals surface area contributed by atoms with E-state index in [1.165, 1.54) is 0 Å². The van der Waals surface area contributed by atoms with Crippen LogP contribution in [0.15, 0.2) is 72.8 Å².